The summed E-state index contributed by atoms with van der Waals surface area (Å²) >= 11 is 0. The Labute approximate surface area is 115 Å². The minimum Gasteiger partial charge on any atom is -0.480 e. The molecule has 0 bridgehead atoms. The molecule has 4 heteroatoms. The number of rotatable bonds is 4. The average molecular weight is 267 g/mol. The molecule has 1 aliphatic heterocycles. The molecular weight excluding hydrogens is 242 g/mol. The molecular formula is C15H25NO3. The van der Waals surface area contributed by atoms with E-state index in [4.69, 9.17) is 0 Å². The molecule has 1 amide bonds. The van der Waals surface area contributed by atoms with Gasteiger partial charge in [0.2, 0.25) is 5.91 Å². The summed E-state index contributed by atoms with van der Waals surface area (Å²) in [5.74, 6) is -0.327. The van der Waals surface area contributed by atoms with Crippen molar-refractivity contribution in [1.82, 2.24) is 4.90 Å². The molecule has 0 radical (unpaired) electrons. The van der Waals surface area contributed by atoms with Crippen molar-refractivity contribution < 1.29 is 14.7 Å². The van der Waals surface area contributed by atoms with Crippen molar-refractivity contribution in [3.05, 3.63) is 0 Å². The zero-order valence-electron chi connectivity index (χ0n) is 11.9. The molecule has 1 aliphatic carbocycles. The molecule has 1 N–H and O–H groups in total. The van der Waals surface area contributed by atoms with Gasteiger partial charge in [-0.05, 0) is 38.0 Å². The van der Waals surface area contributed by atoms with Gasteiger partial charge in [0.05, 0.1) is 0 Å². The van der Waals surface area contributed by atoms with E-state index in [1.807, 2.05) is 4.90 Å². The molecule has 2 rings (SSSR count). The largest absolute Gasteiger partial charge is 0.480 e. The second-order valence-corrected chi connectivity index (χ2v) is 6.12. The highest BCUT2D eigenvalue weighted by molar-refractivity contribution is 6.02. The van der Waals surface area contributed by atoms with E-state index in [-0.39, 0.29) is 5.91 Å². The molecule has 2 aliphatic rings. The van der Waals surface area contributed by atoms with Crippen LogP contribution in [0.2, 0.25) is 0 Å². The van der Waals surface area contributed by atoms with Crippen molar-refractivity contribution >= 4 is 11.9 Å². The van der Waals surface area contributed by atoms with E-state index in [0.717, 1.165) is 32.4 Å². The molecule has 1 saturated carbocycles. The Morgan fingerprint density at radius 2 is 1.95 bits per heavy atom. The summed E-state index contributed by atoms with van der Waals surface area (Å²) in [6.45, 7) is 3.69. The second-order valence-electron chi connectivity index (χ2n) is 6.12. The SMILES string of the molecule is CCCC1CCCN(C(=O)C2(C(=O)O)CCC2)CC1. The van der Waals surface area contributed by atoms with Crippen molar-refractivity contribution in [3.63, 3.8) is 0 Å². The number of carboxylic acids is 1. The Bertz CT molecular complexity index is 349. The predicted molar refractivity (Wildman–Crippen MR) is 72.7 cm³/mol. The lowest BCUT2D eigenvalue weighted by Crippen LogP contribution is -2.52. The summed E-state index contributed by atoms with van der Waals surface area (Å²) in [5.41, 5.74) is -1.08. The highest BCUT2D eigenvalue weighted by Gasteiger charge is 2.52. The second kappa shape index (κ2) is 5.93. The Hall–Kier alpha value is -1.06. The maximum atomic E-state index is 12.5. The fourth-order valence-corrected chi connectivity index (χ4v) is 3.42. The van der Waals surface area contributed by atoms with Crippen molar-refractivity contribution in [2.45, 2.75) is 58.3 Å². The van der Waals surface area contributed by atoms with Crippen molar-refractivity contribution in [2.75, 3.05) is 13.1 Å². The van der Waals surface area contributed by atoms with E-state index < -0.39 is 11.4 Å². The van der Waals surface area contributed by atoms with Gasteiger partial charge in [0.15, 0.2) is 0 Å². The number of nitrogens with zero attached hydrogens (tertiary/aromatic N) is 1. The van der Waals surface area contributed by atoms with E-state index >= 15 is 0 Å². The van der Waals surface area contributed by atoms with Crippen LogP contribution in [0.25, 0.3) is 0 Å². The third kappa shape index (κ3) is 2.77. The van der Waals surface area contributed by atoms with Gasteiger partial charge in [0, 0.05) is 13.1 Å². The van der Waals surface area contributed by atoms with E-state index in [1.165, 1.54) is 19.3 Å². The lowest BCUT2D eigenvalue weighted by Gasteiger charge is -2.39. The molecule has 0 aromatic heterocycles. The zero-order valence-corrected chi connectivity index (χ0v) is 11.9. The number of carbonyl (C=O) groups is 2. The fraction of sp³-hybridized carbons (Fsp3) is 0.867. The van der Waals surface area contributed by atoms with E-state index in [9.17, 15) is 14.7 Å². The van der Waals surface area contributed by atoms with Crippen LogP contribution in [0.4, 0.5) is 0 Å². The van der Waals surface area contributed by atoms with Crippen LogP contribution < -0.4 is 0 Å². The quantitative estimate of drug-likeness (QED) is 0.797. The minimum atomic E-state index is -1.08. The normalized spacial score (nSPS) is 26.4. The Morgan fingerprint density at radius 3 is 2.47 bits per heavy atom. The highest BCUT2D eigenvalue weighted by atomic mass is 16.4. The van der Waals surface area contributed by atoms with Crippen molar-refractivity contribution in [1.29, 1.82) is 0 Å². The molecule has 2 fully saturated rings. The summed E-state index contributed by atoms with van der Waals surface area (Å²) in [7, 11) is 0. The number of hydrogen-bond acceptors (Lipinski definition) is 2. The first-order valence-electron chi connectivity index (χ1n) is 7.63. The van der Waals surface area contributed by atoms with Gasteiger partial charge in [-0.2, -0.15) is 0 Å². The number of aliphatic carboxylic acids is 1. The van der Waals surface area contributed by atoms with Gasteiger partial charge in [-0.1, -0.05) is 26.2 Å². The van der Waals surface area contributed by atoms with Gasteiger partial charge in [0.1, 0.15) is 5.41 Å². The zero-order chi connectivity index (χ0) is 13.9. The van der Waals surface area contributed by atoms with Crippen LogP contribution in [-0.4, -0.2) is 35.0 Å². The maximum Gasteiger partial charge on any atom is 0.319 e. The average Bonchev–Trinajstić information content (AvgIpc) is 2.53. The third-order valence-corrected chi connectivity index (χ3v) is 4.86. The first kappa shape index (κ1) is 14.4. The summed E-state index contributed by atoms with van der Waals surface area (Å²) in [6.07, 6.45) is 7.57. The van der Waals surface area contributed by atoms with Crippen LogP contribution in [-0.2, 0) is 9.59 Å². The fourth-order valence-electron chi connectivity index (χ4n) is 3.42. The summed E-state index contributed by atoms with van der Waals surface area (Å²) in [6, 6.07) is 0. The molecule has 0 aromatic rings. The van der Waals surface area contributed by atoms with Gasteiger partial charge >= 0.3 is 5.97 Å². The van der Waals surface area contributed by atoms with Gasteiger partial charge in [0.25, 0.3) is 0 Å². The third-order valence-electron chi connectivity index (χ3n) is 4.86. The number of amides is 1. The van der Waals surface area contributed by atoms with Crippen LogP contribution in [0.5, 0.6) is 0 Å². The monoisotopic (exact) mass is 267 g/mol. The summed E-state index contributed by atoms with van der Waals surface area (Å²) in [4.78, 5) is 25.7. The minimum absolute atomic E-state index is 0.122. The van der Waals surface area contributed by atoms with Crippen LogP contribution in [0.15, 0.2) is 0 Å². The van der Waals surface area contributed by atoms with E-state index in [1.54, 1.807) is 0 Å². The molecule has 0 spiro atoms. The topological polar surface area (TPSA) is 57.6 Å². The summed E-state index contributed by atoms with van der Waals surface area (Å²) in [5, 5.41) is 9.34. The molecule has 4 nitrogen and oxygen atoms in total. The number of carbonyl (C=O) groups excluding carboxylic acids is 1. The first-order valence-corrected chi connectivity index (χ1v) is 7.63. The Kier molecular flexibility index (Phi) is 4.48. The molecule has 1 atom stereocenters. The van der Waals surface area contributed by atoms with Crippen molar-refractivity contribution in [3.8, 4) is 0 Å². The van der Waals surface area contributed by atoms with Gasteiger partial charge in [-0.15, -0.1) is 0 Å². The summed E-state index contributed by atoms with van der Waals surface area (Å²) < 4.78 is 0. The lowest BCUT2D eigenvalue weighted by atomic mass is 9.67. The number of hydrogen-bond donors (Lipinski definition) is 1. The number of likely N-dealkylation sites (tertiary alicyclic amines) is 1. The molecule has 0 aromatic carbocycles. The van der Waals surface area contributed by atoms with E-state index in [0.29, 0.717) is 18.8 Å². The van der Waals surface area contributed by atoms with E-state index in [2.05, 4.69) is 6.92 Å². The maximum absolute atomic E-state index is 12.5. The molecule has 108 valence electrons. The molecule has 1 unspecified atom stereocenters. The number of carboxylic acid groups (broad SMARTS) is 1. The lowest BCUT2D eigenvalue weighted by molar-refractivity contribution is -0.167. The molecule has 19 heavy (non-hydrogen) atoms. The van der Waals surface area contributed by atoms with Crippen LogP contribution >= 0.6 is 0 Å². The molecule has 1 saturated heterocycles. The van der Waals surface area contributed by atoms with Gasteiger partial charge in [-0.3, -0.25) is 9.59 Å². The highest BCUT2D eigenvalue weighted by Crippen LogP contribution is 2.43. The first-order chi connectivity index (χ1) is 9.10. The van der Waals surface area contributed by atoms with Crippen molar-refractivity contribution in [2.24, 2.45) is 11.3 Å². The predicted octanol–water partition coefficient (Wildman–Crippen LogP) is 2.67. The van der Waals surface area contributed by atoms with Crippen LogP contribution in [0, 0.1) is 11.3 Å². The molecule has 1 heterocycles. The van der Waals surface area contributed by atoms with Gasteiger partial charge < -0.3 is 10.0 Å². The van der Waals surface area contributed by atoms with Crippen LogP contribution in [0.1, 0.15) is 58.3 Å². The van der Waals surface area contributed by atoms with Crippen LogP contribution in [0.3, 0.4) is 0 Å². The Balaban J connectivity index is 1.98. The standard InChI is InChI=1S/C15H25NO3/c1-2-5-12-6-3-10-16(11-7-12)13(17)15(14(18)19)8-4-9-15/h12H,2-11H2,1H3,(H,18,19). The van der Waals surface area contributed by atoms with Gasteiger partial charge in [-0.25, -0.2) is 0 Å². The smallest absolute Gasteiger partial charge is 0.319 e. The Morgan fingerprint density at radius 1 is 1.21 bits per heavy atom.